The number of fused-ring (bicyclic) bond motifs is 16. The molecule has 4 aliphatic rings. The standard InChI is InChI=1S/C86H58N8O3/c1-9-25-53(26-10-1)73-61-41-43-63(87-61)75(55-29-13-3-14-30-55)67-47-51-71(91-67)79(59-37-21-7-22-38-59)83-93-81(77(57-33-17-5-18-34-57)69-49-45-65(73)89-69)85(95-83)97-86-82-78(58-35-19-6-20-36-58)70-50-46-66(90-70)74(54-27-11-2-12-28-54)62-42-44-64(88-62)76(56-31-15-4-16-32-56)68-48-52-72(92-68)80(84(94-82)96-86)60-39-23-8-24-40-60/h1-52,85-86,89-92H. The molecule has 0 amide bonds. The predicted octanol–water partition coefficient (Wildman–Crippen LogP) is 21.5. The molecule has 4 aliphatic heterocycles. The lowest BCUT2D eigenvalue weighted by Gasteiger charge is -2.21. The van der Waals surface area contributed by atoms with Gasteiger partial charge >= 0.3 is 0 Å². The van der Waals surface area contributed by atoms with Crippen molar-refractivity contribution in [1.82, 2.24) is 39.9 Å². The van der Waals surface area contributed by atoms with E-state index in [1.807, 2.05) is 97.1 Å². The fraction of sp³-hybridized carbons (Fsp3) is 0.0233. The van der Waals surface area contributed by atoms with Crippen LogP contribution in [0.3, 0.4) is 0 Å². The number of nitrogens with one attached hydrogen (secondary N) is 4. The van der Waals surface area contributed by atoms with Crippen LogP contribution in [0.5, 0.6) is 11.8 Å². The molecule has 2 atom stereocenters. The lowest BCUT2D eigenvalue weighted by atomic mass is 10.0. The summed E-state index contributed by atoms with van der Waals surface area (Å²) >= 11 is 0. The van der Waals surface area contributed by atoms with Crippen molar-refractivity contribution in [1.29, 1.82) is 0 Å². The molecule has 11 nitrogen and oxygen atoms in total. The van der Waals surface area contributed by atoms with Crippen molar-refractivity contribution in [3.05, 3.63) is 325 Å². The molecule has 2 unspecified atom stereocenters. The highest BCUT2D eigenvalue weighted by Gasteiger charge is 2.38. The average Bonchev–Trinajstić information content (AvgIpc) is 1.61. The van der Waals surface area contributed by atoms with E-state index in [2.05, 4.69) is 238 Å². The second-order valence-electron chi connectivity index (χ2n) is 24.1. The monoisotopic (exact) mass is 1250 g/mol. The molecule has 10 heterocycles. The number of H-pyrrole nitrogens is 4. The molecule has 0 saturated carbocycles. The van der Waals surface area contributed by atoms with Crippen LogP contribution in [0.2, 0.25) is 0 Å². The SMILES string of the molecule is C1=Cc2nc1c(-c1ccccc1)c1ccc([nH]1)c(-c1ccccc1)c1nc(c(-c3ccccc3)c3ccc([nH]3)c2-c2ccccc2)C(OC2Oc3nc2c(-c2ccccc2)c2ccc([nH]2)c(-c2ccccc2)c2nc(c(-c4ccccc4)c4ccc([nH]4)c3-c3ccccc3)C=C2)O1. The molecule has 6 aromatic heterocycles. The lowest BCUT2D eigenvalue weighted by Crippen LogP contribution is -2.16. The summed E-state index contributed by atoms with van der Waals surface area (Å²) < 4.78 is 22.9. The van der Waals surface area contributed by atoms with E-state index < -0.39 is 12.6 Å². The van der Waals surface area contributed by atoms with Crippen molar-refractivity contribution < 1.29 is 14.2 Å². The van der Waals surface area contributed by atoms with Crippen LogP contribution in [-0.2, 0) is 4.74 Å². The third-order valence-corrected chi connectivity index (χ3v) is 18.2. The molecule has 11 heteroatoms. The van der Waals surface area contributed by atoms with Gasteiger partial charge in [0.1, 0.15) is 11.4 Å². The van der Waals surface area contributed by atoms with Crippen molar-refractivity contribution in [3.63, 3.8) is 0 Å². The molecule has 0 fully saturated rings. The van der Waals surface area contributed by atoms with Crippen molar-refractivity contribution in [2.24, 2.45) is 0 Å². The Kier molecular flexibility index (Phi) is 14.1. The van der Waals surface area contributed by atoms with Crippen LogP contribution in [0.15, 0.2) is 291 Å². The number of hydrogen-bond acceptors (Lipinski definition) is 7. The first-order valence-corrected chi connectivity index (χ1v) is 32.5. The smallest absolute Gasteiger partial charge is 0.249 e. The number of aromatic amines is 4. The van der Waals surface area contributed by atoms with Crippen LogP contribution < -0.4 is 9.47 Å². The zero-order valence-electron chi connectivity index (χ0n) is 52.2. The Balaban J connectivity index is 0.943. The highest BCUT2D eigenvalue weighted by atomic mass is 16.8. The molecule has 460 valence electrons. The molecular formula is C86H58N8O3. The Bertz CT molecular complexity index is 5420. The van der Waals surface area contributed by atoms with Crippen LogP contribution in [-0.4, -0.2) is 39.9 Å². The fourth-order valence-corrected chi connectivity index (χ4v) is 13.9. The van der Waals surface area contributed by atoms with E-state index in [1.54, 1.807) is 0 Å². The van der Waals surface area contributed by atoms with Gasteiger partial charge in [-0.1, -0.05) is 243 Å². The molecule has 18 rings (SSSR count). The average molecular weight is 1250 g/mol. The quantitative estimate of drug-likeness (QED) is 0.107. The molecule has 16 bridgehead atoms. The Labute approximate surface area is 558 Å². The van der Waals surface area contributed by atoms with Gasteiger partial charge in [0.05, 0.1) is 44.9 Å². The summed E-state index contributed by atoms with van der Waals surface area (Å²) in [7, 11) is 0. The molecule has 0 saturated heterocycles. The molecule has 0 radical (unpaired) electrons. The summed E-state index contributed by atoms with van der Waals surface area (Å²) in [5, 5.41) is 0. The van der Waals surface area contributed by atoms with Gasteiger partial charge < -0.3 is 29.4 Å². The number of benzene rings is 8. The van der Waals surface area contributed by atoms with E-state index >= 15 is 0 Å². The van der Waals surface area contributed by atoms with Gasteiger partial charge in [0, 0.05) is 66.5 Å². The first kappa shape index (κ1) is 56.8. The third-order valence-electron chi connectivity index (χ3n) is 18.2. The van der Waals surface area contributed by atoms with Crippen molar-refractivity contribution in [2.45, 2.75) is 12.6 Å². The van der Waals surface area contributed by atoms with Crippen LogP contribution in [0.1, 0.15) is 46.7 Å². The summed E-state index contributed by atoms with van der Waals surface area (Å²) in [4.78, 5) is 38.2. The van der Waals surface area contributed by atoms with Crippen molar-refractivity contribution >= 4 is 68.4 Å². The van der Waals surface area contributed by atoms with E-state index in [1.165, 1.54) is 0 Å². The topological polar surface area (TPSA) is 142 Å². The molecule has 4 N–H and O–H groups in total. The lowest BCUT2D eigenvalue weighted by molar-refractivity contribution is -0.183. The number of nitrogens with zero attached hydrogens (tertiary/aromatic N) is 4. The van der Waals surface area contributed by atoms with Gasteiger partial charge in [0.15, 0.2) is 0 Å². The minimum Gasteiger partial charge on any atom is -0.441 e. The Morgan fingerprint density at radius 1 is 0.216 bits per heavy atom. The van der Waals surface area contributed by atoms with E-state index in [-0.39, 0.29) is 0 Å². The number of ether oxygens (including phenoxy) is 3. The Morgan fingerprint density at radius 2 is 0.412 bits per heavy atom. The van der Waals surface area contributed by atoms with Crippen LogP contribution in [0, 0.1) is 0 Å². The summed E-state index contributed by atoms with van der Waals surface area (Å²) in [6, 6.07) is 99.7. The number of hydrogen-bond donors (Lipinski definition) is 4. The van der Waals surface area contributed by atoms with Crippen LogP contribution >= 0.6 is 0 Å². The second-order valence-corrected chi connectivity index (χ2v) is 24.1. The van der Waals surface area contributed by atoms with Crippen molar-refractivity contribution in [2.75, 3.05) is 0 Å². The van der Waals surface area contributed by atoms with Gasteiger partial charge in [0.2, 0.25) is 24.3 Å². The van der Waals surface area contributed by atoms with E-state index in [0.717, 1.165) is 156 Å². The fourth-order valence-electron chi connectivity index (χ4n) is 13.9. The van der Waals surface area contributed by atoms with Gasteiger partial charge in [-0.25, -0.2) is 19.9 Å². The second kappa shape index (κ2) is 24.2. The molecular weight excluding hydrogens is 1190 g/mol. The minimum atomic E-state index is -1.24. The van der Waals surface area contributed by atoms with Crippen LogP contribution in [0.25, 0.3) is 157 Å². The van der Waals surface area contributed by atoms with E-state index in [0.29, 0.717) is 23.1 Å². The van der Waals surface area contributed by atoms with Crippen LogP contribution in [0.4, 0.5) is 0 Å². The zero-order chi connectivity index (χ0) is 64.2. The minimum absolute atomic E-state index is 0.333. The number of rotatable bonds is 10. The van der Waals surface area contributed by atoms with E-state index in [9.17, 15) is 0 Å². The van der Waals surface area contributed by atoms with Gasteiger partial charge in [-0.15, -0.1) is 0 Å². The summed E-state index contributed by atoms with van der Waals surface area (Å²) in [5.74, 6) is 0.667. The highest BCUT2D eigenvalue weighted by Crippen LogP contribution is 2.49. The summed E-state index contributed by atoms with van der Waals surface area (Å²) in [5.41, 5.74) is 25.0. The zero-order valence-corrected chi connectivity index (χ0v) is 52.2. The van der Waals surface area contributed by atoms with Crippen molar-refractivity contribution in [3.8, 4) is 101 Å². The molecule has 14 aromatic rings. The largest absolute Gasteiger partial charge is 0.441 e. The third kappa shape index (κ3) is 10.4. The van der Waals surface area contributed by atoms with Gasteiger partial charge in [-0.2, -0.15) is 0 Å². The van der Waals surface area contributed by atoms with E-state index in [4.69, 9.17) is 34.1 Å². The number of aromatic nitrogens is 8. The highest BCUT2D eigenvalue weighted by molar-refractivity contribution is 6.00. The maximum absolute atomic E-state index is 7.80. The predicted molar refractivity (Wildman–Crippen MR) is 391 cm³/mol. The first-order valence-electron chi connectivity index (χ1n) is 32.5. The maximum atomic E-state index is 7.80. The molecule has 0 aliphatic carbocycles. The first-order chi connectivity index (χ1) is 48.1. The Morgan fingerprint density at radius 3 is 0.649 bits per heavy atom. The maximum Gasteiger partial charge on any atom is 0.249 e. The summed E-state index contributed by atoms with van der Waals surface area (Å²) in [6.45, 7) is 0. The summed E-state index contributed by atoms with van der Waals surface area (Å²) in [6.07, 6.45) is 6.00. The molecule has 97 heavy (non-hydrogen) atoms. The van der Waals surface area contributed by atoms with Gasteiger partial charge in [-0.05, 0) is 117 Å². The molecule has 0 spiro atoms. The molecule has 8 aromatic carbocycles. The van der Waals surface area contributed by atoms with Gasteiger partial charge in [0.25, 0.3) is 0 Å². The Hall–Kier alpha value is -13.0. The normalized spacial score (nSPS) is 13.9. The van der Waals surface area contributed by atoms with Gasteiger partial charge in [-0.3, -0.25) is 4.74 Å².